The molecule has 0 atom stereocenters. The lowest BCUT2D eigenvalue weighted by Crippen LogP contribution is -2.05. The number of aryl methyl sites for hydroxylation is 1. The van der Waals surface area contributed by atoms with Gasteiger partial charge in [0.1, 0.15) is 23.2 Å². The minimum atomic E-state index is -0.0394. The number of nitrogen functional groups attached to an aromatic ring is 2. The van der Waals surface area contributed by atoms with Crippen molar-refractivity contribution in [3.05, 3.63) is 26.8 Å². The van der Waals surface area contributed by atoms with Crippen LogP contribution in [0, 0.1) is 21.8 Å². The first-order valence-corrected chi connectivity index (χ1v) is 6.34. The molecule has 2 rings (SSSR count). The van der Waals surface area contributed by atoms with Crippen LogP contribution in [0.4, 0.5) is 11.8 Å². The van der Waals surface area contributed by atoms with E-state index >= 15 is 0 Å². The Hall–Kier alpha value is -2.08. The molecule has 7 heteroatoms. The highest BCUT2D eigenvalue weighted by molar-refractivity contribution is 14.1. The van der Waals surface area contributed by atoms with Crippen LogP contribution in [-0.2, 0) is 0 Å². The Labute approximate surface area is 123 Å². The van der Waals surface area contributed by atoms with Crippen LogP contribution < -0.4 is 11.5 Å². The third-order valence-electron chi connectivity index (χ3n) is 2.59. The van der Waals surface area contributed by atoms with Crippen LogP contribution in [0.1, 0.15) is 11.1 Å². The smallest absolute Gasteiger partial charge is 0.222 e. The molecule has 96 valence electrons. The van der Waals surface area contributed by atoms with Crippen LogP contribution in [0.25, 0.3) is 11.3 Å². The molecule has 19 heavy (non-hydrogen) atoms. The highest BCUT2D eigenvalue weighted by Crippen LogP contribution is 2.35. The first-order valence-electron chi connectivity index (χ1n) is 5.26. The lowest BCUT2D eigenvalue weighted by molar-refractivity contribution is 0.473. The van der Waals surface area contributed by atoms with E-state index < -0.39 is 0 Å². The SMILES string of the molecule is Cc1cc(I)cc(-c2nc(N)nc(N)c2C#N)c1O. The van der Waals surface area contributed by atoms with Crippen LogP contribution >= 0.6 is 22.6 Å². The van der Waals surface area contributed by atoms with Crippen LogP contribution in [-0.4, -0.2) is 15.1 Å². The standard InChI is InChI=1S/C12H10IN5O/c1-5-2-6(13)3-7(10(5)19)9-8(4-14)11(15)18-12(16)17-9/h2-3,19H,1H3,(H4,15,16,17,18). The largest absolute Gasteiger partial charge is 0.507 e. The maximum Gasteiger partial charge on any atom is 0.222 e. The third-order valence-corrected chi connectivity index (χ3v) is 3.21. The van der Waals surface area contributed by atoms with Gasteiger partial charge in [-0.25, -0.2) is 4.98 Å². The highest BCUT2D eigenvalue weighted by Gasteiger charge is 2.17. The molecule has 0 unspecified atom stereocenters. The van der Waals surface area contributed by atoms with Gasteiger partial charge in [-0.05, 0) is 47.2 Å². The number of hydrogen-bond acceptors (Lipinski definition) is 6. The molecule has 0 saturated carbocycles. The fourth-order valence-corrected chi connectivity index (χ4v) is 2.50. The van der Waals surface area contributed by atoms with E-state index in [1.54, 1.807) is 13.0 Å². The molecule has 0 radical (unpaired) electrons. The third kappa shape index (κ3) is 2.39. The summed E-state index contributed by atoms with van der Waals surface area (Å²) in [5, 5.41) is 19.3. The van der Waals surface area contributed by atoms with Gasteiger partial charge in [0.2, 0.25) is 5.95 Å². The topological polar surface area (TPSA) is 122 Å². The molecule has 0 fully saturated rings. The molecule has 6 nitrogen and oxygen atoms in total. The van der Waals surface area contributed by atoms with Gasteiger partial charge < -0.3 is 16.6 Å². The van der Waals surface area contributed by atoms with Crippen molar-refractivity contribution in [2.75, 3.05) is 11.5 Å². The quantitative estimate of drug-likeness (QED) is 0.661. The van der Waals surface area contributed by atoms with Crippen LogP contribution in [0.5, 0.6) is 5.75 Å². The van der Waals surface area contributed by atoms with Crippen molar-refractivity contribution in [2.24, 2.45) is 0 Å². The average molecular weight is 367 g/mol. The summed E-state index contributed by atoms with van der Waals surface area (Å²) in [6.07, 6.45) is 0. The van der Waals surface area contributed by atoms with E-state index in [2.05, 4.69) is 32.6 Å². The van der Waals surface area contributed by atoms with Gasteiger partial charge in [-0.2, -0.15) is 10.2 Å². The van der Waals surface area contributed by atoms with Gasteiger partial charge in [-0.15, -0.1) is 0 Å². The minimum absolute atomic E-state index is 0.000847. The molecule has 0 aliphatic rings. The molecule has 2 aromatic rings. The van der Waals surface area contributed by atoms with E-state index in [1.807, 2.05) is 12.1 Å². The van der Waals surface area contributed by atoms with Gasteiger partial charge in [0.25, 0.3) is 0 Å². The molecular weight excluding hydrogens is 357 g/mol. The fourth-order valence-electron chi connectivity index (χ4n) is 1.72. The number of phenols is 1. The molecule has 1 aromatic carbocycles. The lowest BCUT2D eigenvalue weighted by Gasteiger charge is -2.10. The van der Waals surface area contributed by atoms with E-state index in [0.29, 0.717) is 11.1 Å². The summed E-state index contributed by atoms with van der Waals surface area (Å²) in [5.74, 6) is 0.0118. The van der Waals surface area contributed by atoms with Crippen LogP contribution in [0.3, 0.4) is 0 Å². The summed E-state index contributed by atoms with van der Waals surface area (Å²) in [5.41, 5.74) is 12.7. The number of halogens is 1. The molecule has 0 spiro atoms. The molecule has 5 N–H and O–H groups in total. The van der Waals surface area contributed by atoms with Gasteiger partial charge in [0.05, 0.1) is 5.69 Å². The van der Waals surface area contributed by atoms with Crippen molar-refractivity contribution >= 4 is 34.4 Å². The molecule has 0 amide bonds. The molecule has 1 heterocycles. The number of aromatic hydroxyl groups is 1. The Balaban J connectivity index is 2.83. The van der Waals surface area contributed by atoms with E-state index in [1.165, 1.54) is 0 Å². The van der Waals surface area contributed by atoms with Crippen LogP contribution in [0.2, 0.25) is 0 Å². The summed E-state index contributed by atoms with van der Waals surface area (Å²) >= 11 is 2.12. The number of benzene rings is 1. The maximum atomic E-state index is 10.1. The Morgan fingerprint density at radius 2 is 2.00 bits per heavy atom. The minimum Gasteiger partial charge on any atom is -0.507 e. The van der Waals surface area contributed by atoms with Crippen molar-refractivity contribution in [2.45, 2.75) is 6.92 Å². The first-order chi connectivity index (χ1) is 8.93. The maximum absolute atomic E-state index is 10.1. The van der Waals surface area contributed by atoms with Gasteiger partial charge in [0, 0.05) is 9.13 Å². The Morgan fingerprint density at radius 1 is 1.32 bits per heavy atom. The van der Waals surface area contributed by atoms with E-state index in [9.17, 15) is 5.11 Å². The Bertz CT molecular complexity index is 708. The summed E-state index contributed by atoms with van der Waals surface area (Å²) in [4.78, 5) is 7.76. The monoisotopic (exact) mass is 367 g/mol. The van der Waals surface area contributed by atoms with Gasteiger partial charge in [-0.1, -0.05) is 0 Å². The Kier molecular flexibility index (Phi) is 3.44. The summed E-state index contributed by atoms with van der Waals surface area (Å²) in [6.45, 7) is 1.76. The summed E-state index contributed by atoms with van der Waals surface area (Å²) < 4.78 is 0.905. The molecule has 0 aliphatic heterocycles. The average Bonchev–Trinajstić information content (AvgIpc) is 2.33. The second kappa shape index (κ2) is 4.89. The molecule has 1 aromatic heterocycles. The number of nitrogens with zero attached hydrogens (tertiary/aromatic N) is 3. The van der Waals surface area contributed by atoms with E-state index in [-0.39, 0.29) is 28.8 Å². The normalized spacial score (nSPS) is 10.2. The number of rotatable bonds is 1. The molecule has 0 aliphatic carbocycles. The molecular formula is C12H10IN5O. The summed E-state index contributed by atoms with van der Waals surface area (Å²) in [7, 11) is 0. The zero-order valence-electron chi connectivity index (χ0n) is 9.98. The predicted octanol–water partition coefficient (Wildman–Crippen LogP) is 1.80. The van der Waals surface area contributed by atoms with Crippen molar-refractivity contribution in [3.8, 4) is 23.1 Å². The molecule has 0 bridgehead atoms. The fraction of sp³-hybridized carbons (Fsp3) is 0.0833. The second-order valence-electron chi connectivity index (χ2n) is 3.92. The highest BCUT2D eigenvalue weighted by atomic mass is 127. The van der Waals surface area contributed by atoms with Crippen molar-refractivity contribution < 1.29 is 5.11 Å². The summed E-state index contributed by atoms with van der Waals surface area (Å²) in [6, 6.07) is 5.47. The number of nitrogens with two attached hydrogens (primary N) is 2. The molecule has 0 saturated heterocycles. The first kappa shape index (κ1) is 13.4. The van der Waals surface area contributed by atoms with Gasteiger partial charge in [0.15, 0.2) is 0 Å². The number of nitriles is 1. The zero-order chi connectivity index (χ0) is 14.2. The number of hydrogen-bond donors (Lipinski definition) is 3. The van der Waals surface area contributed by atoms with Crippen molar-refractivity contribution in [1.82, 2.24) is 9.97 Å². The van der Waals surface area contributed by atoms with Gasteiger partial charge >= 0.3 is 0 Å². The van der Waals surface area contributed by atoms with E-state index in [4.69, 9.17) is 16.7 Å². The van der Waals surface area contributed by atoms with Crippen LogP contribution in [0.15, 0.2) is 12.1 Å². The van der Waals surface area contributed by atoms with E-state index in [0.717, 1.165) is 3.57 Å². The predicted molar refractivity (Wildman–Crippen MR) is 80.1 cm³/mol. The van der Waals surface area contributed by atoms with Crippen molar-refractivity contribution in [1.29, 1.82) is 5.26 Å². The van der Waals surface area contributed by atoms with Gasteiger partial charge in [-0.3, -0.25) is 0 Å². The van der Waals surface area contributed by atoms with Crippen molar-refractivity contribution in [3.63, 3.8) is 0 Å². The zero-order valence-corrected chi connectivity index (χ0v) is 12.1. The number of phenolic OH excluding ortho intramolecular Hbond substituents is 1. The lowest BCUT2D eigenvalue weighted by atomic mass is 10.0. The number of aromatic nitrogens is 2. The second-order valence-corrected chi connectivity index (χ2v) is 5.17. The number of anilines is 2. The Morgan fingerprint density at radius 3 is 2.63 bits per heavy atom.